The topological polar surface area (TPSA) is 85.8 Å². The molecule has 0 atom stereocenters. The highest BCUT2D eigenvalue weighted by Gasteiger charge is 2.10. The first-order valence-corrected chi connectivity index (χ1v) is 8.49. The second-order valence-corrected chi connectivity index (χ2v) is 5.98. The number of pyridine rings is 1. The SMILES string of the molecule is O=C(NCc1cc(-c2ccccn2)no1)c1cccc(Cn2cccn2)c1. The lowest BCUT2D eigenvalue weighted by Gasteiger charge is -2.06. The van der Waals surface area contributed by atoms with Crippen LogP contribution in [0.25, 0.3) is 11.4 Å². The first kappa shape index (κ1) is 16.7. The Morgan fingerprint density at radius 2 is 2.00 bits per heavy atom. The second kappa shape index (κ2) is 7.65. The predicted molar refractivity (Wildman–Crippen MR) is 98.7 cm³/mol. The molecule has 0 bridgehead atoms. The number of amides is 1. The molecule has 4 aromatic rings. The van der Waals surface area contributed by atoms with E-state index in [1.807, 2.05) is 53.3 Å². The molecule has 1 N–H and O–H groups in total. The molecule has 0 saturated heterocycles. The first-order chi connectivity index (χ1) is 13.3. The Morgan fingerprint density at radius 3 is 2.81 bits per heavy atom. The van der Waals surface area contributed by atoms with Gasteiger partial charge in [-0.2, -0.15) is 5.10 Å². The zero-order valence-corrected chi connectivity index (χ0v) is 14.4. The monoisotopic (exact) mass is 359 g/mol. The van der Waals surface area contributed by atoms with Crippen LogP contribution in [0.15, 0.2) is 77.7 Å². The van der Waals surface area contributed by atoms with Crippen molar-refractivity contribution in [2.45, 2.75) is 13.1 Å². The van der Waals surface area contributed by atoms with E-state index in [2.05, 4.69) is 20.6 Å². The lowest BCUT2D eigenvalue weighted by molar-refractivity contribution is 0.0947. The van der Waals surface area contributed by atoms with Gasteiger partial charge in [0.25, 0.3) is 5.91 Å². The molecule has 0 aliphatic heterocycles. The van der Waals surface area contributed by atoms with Crippen LogP contribution >= 0.6 is 0 Å². The molecule has 3 heterocycles. The number of hydrogen-bond acceptors (Lipinski definition) is 5. The zero-order chi connectivity index (χ0) is 18.5. The lowest BCUT2D eigenvalue weighted by atomic mass is 10.1. The van der Waals surface area contributed by atoms with E-state index in [1.165, 1.54) is 0 Å². The van der Waals surface area contributed by atoms with Gasteiger partial charge in [-0.15, -0.1) is 0 Å². The minimum Gasteiger partial charge on any atom is -0.359 e. The fourth-order valence-electron chi connectivity index (χ4n) is 2.69. The summed E-state index contributed by atoms with van der Waals surface area (Å²) in [4.78, 5) is 16.7. The molecule has 1 aromatic carbocycles. The maximum absolute atomic E-state index is 12.4. The third-order valence-electron chi connectivity index (χ3n) is 4.00. The van der Waals surface area contributed by atoms with Gasteiger partial charge in [-0.25, -0.2) is 0 Å². The fourth-order valence-corrected chi connectivity index (χ4v) is 2.69. The lowest BCUT2D eigenvalue weighted by Crippen LogP contribution is -2.22. The van der Waals surface area contributed by atoms with E-state index in [0.717, 1.165) is 11.3 Å². The number of carbonyl (C=O) groups excluding carboxylic acids is 1. The smallest absolute Gasteiger partial charge is 0.251 e. The Balaban J connectivity index is 1.39. The van der Waals surface area contributed by atoms with E-state index in [9.17, 15) is 4.79 Å². The summed E-state index contributed by atoms with van der Waals surface area (Å²) >= 11 is 0. The number of rotatable bonds is 6. The molecule has 4 rings (SSSR count). The summed E-state index contributed by atoms with van der Waals surface area (Å²) in [6.07, 6.45) is 5.31. The summed E-state index contributed by atoms with van der Waals surface area (Å²) in [6.45, 7) is 0.867. The van der Waals surface area contributed by atoms with Gasteiger partial charge < -0.3 is 9.84 Å². The van der Waals surface area contributed by atoms with Crippen molar-refractivity contribution in [3.63, 3.8) is 0 Å². The average Bonchev–Trinajstić information content (AvgIpc) is 3.39. The highest BCUT2D eigenvalue weighted by atomic mass is 16.5. The van der Waals surface area contributed by atoms with Crippen molar-refractivity contribution in [1.29, 1.82) is 0 Å². The molecule has 134 valence electrons. The molecule has 27 heavy (non-hydrogen) atoms. The Morgan fingerprint density at radius 1 is 1.04 bits per heavy atom. The maximum atomic E-state index is 12.4. The van der Waals surface area contributed by atoms with E-state index in [0.29, 0.717) is 23.6 Å². The Kier molecular flexibility index (Phi) is 4.74. The van der Waals surface area contributed by atoms with Gasteiger partial charge in [0.15, 0.2) is 5.76 Å². The van der Waals surface area contributed by atoms with Crippen molar-refractivity contribution in [3.8, 4) is 11.4 Å². The number of hydrogen-bond donors (Lipinski definition) is 1. The van der Waals surface area contributed by atoms with Crippen molar-refractivity contribution >= 4 is 5.91 Å². The summed E-state index contributed by atoms with van der Waals surface area (Å²) in [5.41, 5.74) is 2.96. The van der Waals surface area contributed by atoms with E-state index in [1.54, 1.807) is 24.5 Å². The average molecular weight is 359 g/mol. The summed E-state index contributed by atoms with van der Waals surface area (Å²) in [5, 5.41) is 11.0. The van der Waals surface area contributed by atoms with E-state index >= 15 is 0 Å². The van der Waals surface area contributed by atoms with Gasteiger partial charge in [-0.3, -0.25) is 14.5 Å². The number of nitrogens with zero attached hydrogens (tertiary/aromatic N) is 4. The zero-order valence-electron chi connectivity index (χ0n) is 14.4. The van der Waals surface area contributed by atoms with Gasteiger partial charge in [-0.05, 0) is 35.9 Å². The van der Waals surface area contributed by atoms with E-state index in [4.69, 9.17) is 4.52 Å². The summed E-state index contributed by atoms with van der Waals surface area (Å²) in [5.74, 6) is 0.393. The molecule has 0 saturated carbocycles. The van der Waals surface area contributed by atoms with Crippen LogP contribution in [0.5, 0.6) is 0 Å². The van der Waals surface area contributed by atoms with Crippen molar-refractivity contribution in [2.24, 2.45) is 0 Å². The highest BCUT2D eigenvalue weighted by Crippen LogP contribution is 2.16. The minimum atomic E-state index is -0.173. The van der Waals surface area contributed by atoms with Crippen LogP contribution in [-0.2, 0) is 13.1 Å². The number of carbonyl (C=O) groups is 1. The molecule has 0 fully saturated rings. The van der Waals surface area contributed by atoms with Gasteiger partial charge in [0.1, 0.15) is 5.69 Å². The molecule has 1 amide bonds. The minimum absolute atomic E-state index is 0.173. The molecular weight excluding hydrogens is 342 g/mol. The van der Waals surface area contributed by atoms with Crippen LogP contribution in [0.1, 0.15) is 21.7 Å². The van der Waals surface area contributed by atoms with Crippen molar-refractivity contribution in [1.82, 2.24) is 25.2 Å². The first-order valence-electron chi connectivity index (χ1n) is 8.49. The van der Waals surface area contributed by atoms with Gasteiger partial charge in [0.2, 0.25) is 0 Å². The molecule has 0 spiro atoms. The van der Waals surface area contributed by atoms with Gasteiger partial charge in [0, 0.05) is 30.2 Å². The van der Waals surface area contributed by atoms with E-state index < -0.39 is 0 Å². The molecule has 3 aromatic heterocycles. The third-order valence-corrected chi connectivity index (χ3v) is 4.00. The summed E-state index contributed by atoms with van der Waals surface area (Å²) < 4.78 is 7.09. The molecular formula is C20H17N5O2. The van der Waals surface area contributed by atoms with Crippen LogP contribution in [0.4, 0.5) is 0 Å². The number of aromatic nitrogens is 4. The molecule has 0 aliphatic carbocycles. The maximum Gasteiger partial charge on any atom is 0.251 e. The van der Waals surface area contributed by atoms with Crippen LogP contribution in [0, 0.1) is 0 Å². The fraction of sp³-hybridized carbons (Fsp3) is 0.100. The van der Waals surface area contributed by atoms with Crippen molar-refractivity contribution in [3.05, 3.63) is 90.1 Å². The summed E-state index contributed by atoms with van der Waals surface area (Å²) in [7, 11) is 0. The number of benzene rings is 1. The number of nitrogens with one attached hydrogen (secondary N) is 1. The Hall–Kier alpha value is -3.74. The third kappa shape index (κ3) is 4.09. The van der Waals surface area contributed by atoms with Crippen LogP contribution < -0.4 is 5.32 Å². The van der Waals surface area contributed by atoms with Crippen LogP contribution in [-0.4, -0.2) is 25.8 Å². The normalized spacial score (nSPS) is 10.7. The molecule has 0 radical (unpaired) electrons. The van der Waals surface area contributed by atoms with Crippen molar-refractivity contribution in [2.75, 3.05) is 0 Å². The highest BCUT2D eigenvalue weighted by molar-refractivity contribution is 5.94. The predicted octanol–water partition coefficient (Wildman–Crippen LogP) is 2.91. The molecule has 7 heteroatoms. The largest absolute Gasteiger partial charge is 0.359 e. The molecule has 7 nitrogen and oxygen atoms in total. The quantitative estimate of drug-likeness (QED) is 0.572. The van der Waals surface area contributed by atoms with Crippen molar-refractivity contribution < 1.29 is 9.32 Å². The van der Waals surface area contributed by atoms with Gasteiger partial charge >= 0.3 is 0 Å². The molecule has 0 aliphatic rings. The van der Waals surface area contributed by atoms with E-state index in [-0.39, 0.29) is 12.5 Å². The summed E-state index contributed by atoms with van der Waals surface area (Å²) in [6, 6.07) is 16.7. The Bertz CT molecular complexity index is 1030. The van der Waals surface area contributed by atoms with Gasteiger partial charge in [-0.1, -0.05) is 23.4 Å². The van der Waals surface area contributed by atoms with Crippen LogP contribution in [0.2, 0.25) is 0 Å². The molecule has 0 unspecified atom stereocenters. The standard InChI is InChI=1S/C20H17N5O2/c26-20(16-6-3-5-15(11-16)14-25-10-4-9-23-25)22-13-17-12-19(24-27-17)18-7-1-2-8-21-18/h1-12H,13-14H2,(H,22,26). The van der Waals surface area contributed by atoms with Crippen LogP contribution in [0.3, 0.4) is 0 Å². The Labute approximate surface area is 155 Å². The second-order valence-electron chi connectivity index (χ2n) is 5.98. The van der Waals surface area contributed by atoms with Gasteiger partial charge in [0.05, 0.1) is 18.8 Å².